The van der Waals surface area contributed by atoms with Crippen LogP contribution in [0.25, 0.3) is 11.3 Å². The Morgan fingerprint density at radius 2 is 1.74 bits per heavy atom. The minimum Gasteiger partial charge on any atom is -0.497 e. The second kappa shape index (κ2) is 11.0. The number of aromatic nitrogens is 1. The van der Waals surface area contributed by atoms with Crippen LogP contribution in [0.1, 0.15) is 10.4 Å². The number of halogens is 1. The topological polar surface area (TPSA) is 80.3 Å². The summed E-state index contributed by atoms with van der Waals surface area (Å²) in [7, 11) is 1.62. The van der Waals surface area contributed by atoms with Gasteiger partial charge in [0.25, 0.3) is 5.91 Å². The number of anilines is 2. The molecule has 6 nitrogen and oxygen atoms in total. The van der Waals surface area contributed by atoms with E-state index in [-0.39, 0.29) is 17.2 Å². The first-order chi connectivity index (χ1) is 16.5. The molecule has 0 fully saturated rings. The van der Waals surface area contributed by atoms with Crippen LogP contribution in [0.15, 0.2) is 83.1 Å². The number of amides is 2. The Hall–Kier alpha value is -3.69. The summed E-state index contributed by atoms with van der Waals surface area (Å²) in [5.41, 5.74) is 2.24. The molecule has 1 heterocycles. The van der Waals surface area contributed by atoms with E-state index in [2.05, 4.69) is 15.6 Å². The van der Waals surface area contributed by atoms with Gasteiger partial charge in [-0.25, -0.2) is 9.37 Å². The molecule has 4 rings (SSSR count). The molecule has 0 saturated heterocycles. The number of ether oxygens (including phenoxy) is 1. The molecule has 0 saturated carbocycles. The van der Waals surface area contributed by atoms with E-state index >= 15 is 0 Å². The van der Waals surface area contributed by atoms with Gasteiger partial charge in [-0.05, 0) is 60.7 Å². The molecule has 172 valence electrons. The van der Waals surface area contributed by atoms with Gasteiger partial charge in [-0.1, -0.05) is 12.1 Å². The molecule has 4 aromatic rings. The number of carbonyl (C=O) groups is 2. The molecule has 0 spiro atoms. The molecule has 0 atom stereocenters. The second-order valence-corrected chi connectivity index (χ2v) is 8.97. The number of hydrogen-bond acceptors (Lipinski definition) is 6. The van der Waals surface area contributed by atoms with E-state index in [0.717, 1.165) is 21.9 Å². The van der Waals surface area contributed by atoms with Crippen molar-refractivity contribution in [2.24, 2.45) is 0 Å². The molecule has 1 aromatic heterocycles. The second-order valence-electron chi connectivity index (χ2n) is 7.06. The molecule has 0 aliphatic carbocycles. The number of thioether (sulfide) groups is 1. The van der Waals surface area contributed by atoms with E-state index in [1.54, 1.807) is 37.4 Å². The number of benzene rings is 3. The summed E-state index contributed by atoms with van der Waals surface area (Å²) in [6.07, 6.45) is 0. The molecule has 2 N–H and O–H groups in total. The highest BCUT2D eigenvalue weighted by Crippen LogP contribution is 2.27. The number of nitrogens with zero attached hydrogens (tertiary/aromatic N) is 1. The zero-order valence-electron chi connectivity index (χ0n) is 18.1. The van der Waals surface area contributed by atoms with Crippen LogP contribution >= 0.6 is 23.1 Å². The summed E-state index contributed by atoms with van der Waals surface area (Å²) < 4.78 is 18.9. The Labute approximate surface area is 204 Å². The van der Waals surface area contributed by atoms with Gasteiger partial charge < -0.3 is 15.4 Å². The Morgan fingerprint density at radius 3 is 2.44 bits per heavy atom. The zero-order valence-corrected chi connectivity index (χ0v) is 19.7. The third-order valence-electron chi connectivity index (χ3n) is 4.74. The number of carbonyl (C=O) groups excluding carboxylic acids is 2. The fraction of sp³-hybridized carbons (Fsp3) is 0.0800. The molecule has 9 heteroatoms. The first-order valence-electron chi connectivity index (χ1n) is 10.2. The summed E-state index contributed by atoms with van der Waals surface area (Å²) in [4.78, 5) is 29.9. The van der Waals surface area contributed by atoms with Crippen LogP contribution in [0, 0.1) is 5.82 Å². The Balaban J connectivity index is 1.27. The Kier molecular flexibility index (Phi) is 7.56. The fourth-order valence-corrected chi connectivity index (χ4v) is 4.44. The molecule has 34 heavy (non-hydrogen) atoms. The maximum atomic E-state index is 13.7. The lowest BCUT2D eigenvalue weighted by Gasteiger charge is -2.07. The standard InChI is InChI=1S/C25H20FN3O3S2/c1-32-18-10-6-16(7-11-18)22-14-34-25(28-22)29-23(30)15-33-19-12-8-17(9-13-19)27-24(31)20-4-2-3-5-21(20)26/h2-14H,15H2,1H3,(H,27,31)(H,28,29,30). The molecule has 0 aliphatic heterocycles. The van der Waals surface area contributed by atoms with E-state index in [9.17, 15) is 14.0 Å². The van der Waals surface area contributed by atoms with Crippen molar-refractivity contribution in [3.8, 4) is 17.0 Å². The molecule has 0 bridgehead atoms. The highest BCUT2D eigenvalue weighted by atomic mass is 32.2. The summed E-state index contributed by atoms with van der Waals surface area (Å²) in [5, 5.41) is 7.90. The van der Waals surface area contributed by atoms with Crippen molar-refractivity contribution in [2.45, 2.75) is 4.90 Å². The predicted molar refractivity (Wildman–Crippen MR) is 134 cm³/mol. The van der Waals surface area contributed by atoms with E-state index < -0.39 is 11.7 Å². The van der Waals surface area contributed by atoms with Gasteiger partial charge in [-0.2, -0.15) is 0 Å². The highest BCUT2D eigenvalue weighted by molar-refractivity contribution is 8.00. The maximum absolute atomic E-state index is 13.7. The number of nitrogens with one attached hydrogen (secondary N) is 2. The van der Waals surface area contributed by atoms with Crippen molar-refractivity contribution in [1.82, 2.24) is 4.98 Å². The number of hydrogen-bond donors (Lipinski definition) is 2. The summed E-state index contributed by atoms with van der Waals surface area (Å²) in [6, 6.07) is 20.4. The zero-order chi connectivity index (χ0) is 23.9. The average Bonchev–Trinajstić information content (AvgIpc) is 3.32. The van der Waals surface area contributed by atoms with Gasteiger partial charge >= 0.3 is 0 Å². The smallest absolute Gasteiger partial charge is 0.258 e. The van der Waals surface area contributed by atoms with Gasteiger partial charge in [0.15, 0.2) is 5.13 Å². The first-order valence-corrected chi connectivity index (χ1v) is 12.1. The van der Waals surface area contributed by atoms with Crippen molar-refractivity contribution < 1.29 is 18.7 Å². The molecule has 0 unspecified atom stereocenters. The van der Waals surface area contributed by atoms with Crippen molar-refractivity contribution in [1.29, 1.82) is 0 Å². The van der Waals surface area contributed by atoms with Crippen molar-refractivity contribution >= 4 is 45.7 Å². The number of thiazole rings is 1. The molecule has 0 aliphatic rings. The normalized spacial score (nSPS) is 10.5. The van der Waals surface area contributed by atoms with Crippen LogP contribution < -0.4 is 15.4 Å². The van der Waals surface area contributed by atoms with Gasteiger partial charge in [0.2, 0.25) is 5.91 Å². The monoisotopic (exact) mass is 493 g/mol. The maximum Gasteiger partial charge on any atom is 0.258 e. The highest BCUT2D eigenvalue weighted by Gasteiger charge is 2.12. The predicted octanol–water partition coefficient (Wildman–Crippen LogP) is 5.94. The Morgan fingerprint density at radius 1 is 1.00 bits per heavy atom. The van der Waals surface area contributed by atoms with E-state index in [1.165, 1.54) is 41.3 Å². The number of rotatable bonds is 8. The third kappa shape index (κ3) is 6.00. The minimum atomic E-state index is -0.575. The summed E-state index contributed by atoms with van der Waals surface area (Å²) in [6.45, 7) is 0. The molecule has 3 aromatic carbocycles. The minimum absolute atomic E-state index is 0.0186. The quantitative estimate of drug-likeness (QED) is 0.297. The fourth-order valence-electron chi connectivity index (χ4n) is 3.01. The van der Waals surface area contributed by atoms with Crippen LogP contribution in [-0.4, -0.2) is 29.7 Å². The first kappa shape index (κ1) is 23.5. The van der Waals surface area contributed by atoms with Crippen LogP contribution in [-0.2, 0) is 4.79 Å². The lowest BCUT2D eigenvalue weighted by molar-refractivity contribution is -0.113. The van der Waals surface area contributed by atoms with Crippen molar-refractivity contribution in [3.05, 3.63) is 89.6 Å². The van der Waals surface area contributed by atoms with Gasteiger partial charge in [-0.3, -0.25) is 9.59 Å². The number of methoxy groups -OCH3 is 1. The van der Waals surface area contributed by atoms with Crippen molar-refractivity contribution in [3.63, 3.8) is 0 Å². The van der Waals surface area contributed by atoms with E-state index in [4.69, 9.17) is 4.74 Å². The van der Waals surface area contributed by atoms with E-state index in [0.29, 0.717) is 10.8 Å². The molecular formula is C25H20FN3O3S2. The average molecular weight is 494 g/mol. The van der Waals surface area contributed by atoms with Crippen molar-refractivity contribution in [2.75, 3.05) is 23.5 Å². The molecule has 2 amide bonds. The largest absolute Gasteiger partial charge is 0.497 e. The van der Waals surface area contributed by atoms with Crippen LogP contribution in [0.3, 0.4) is 0 Å². The van der Waals surface area contributed by atoms with Gasteiger partial charge in [0.1, 0.15) is 11.6 Å². The van der Waals surface area contributed by atoms with Crippen LogP contribution in [0.5, 0.6) is 5.75 Å². The summed E-state index contributed by atoms with van der Waals surface area (Å²) in [5.74, 6) is -0.286. The van der Waals surface area contributed by atoms with Gasteiger partial charge in [-0.15, -0.1) is 23.1 Å². The Bertz CT molecular complexity index is 1290. The SMILES string of the molecule is COc1ccc(-c2csc(NC(=O)CSc3ccc(NC(=O)c4ccccc4F)cc3)n2)cc1. The van der Waals surface area contributed by atoms with Crippen LogP contribution in [0.2, 0.25) is 0 Å². The van der Waals surface area contributed by atoms with Gasteiger partial charge in [0, 0.05) is 21.5 Å². The van der Waals surface area contributed by atoms with Crippen LogP contribution in [0.4, 0.5) is 15.2 Å². The third-order valence-corrected chi connectivity index (χ3v) is 6.51. The molecule has 0 radical (unpaired) electrons. The lowest BCUT2D eigenvalue weighted by atomic mass is 10.2. The molecular weight excluding hydrogens is 473 g/mol. The van der Waals surface area contributed by atoms with E-state index in [1.807, 2.05) is 29.6 Å². The van der Waals surface area contributed by atoms with Gasteiger partial charge in [0.05, 0.1) is 24.1 Å². The summed E-state index contributed by atoms with van der Waals surface area (Å²) >= 11 is 2.72. The lowest BCUT2D eigenvalue weighted by Crippen LogP contribution is -2.14.